The summed E-state index contributed by atoms with van der Waals surface area (Å²) < 4.78 is 17.5. The van der Waals surface area contributed by atoms with Gasteiger partial charge in [-0.25, -0.2) is 4.79 Å². The van der Waals surface area contributed by atoms with Gasteiger partial charge < -0.3 is 13.9 Å². The summed E-state index contributed by atoms with van der Waals surface area (Å²) in [5, 5.41) is 10.5. The molecule has 0 saturated heterocycles. The molecule has 0 bridgehead atoms. The van der Waals surface area contributed by atoms with Crippen LogP contribution in [0.3, 0.4) is 0 Å². The van der Waals surface area contributed by atoms with Crippen LogP contribution in [0.25, 0.3) is 34.1 Å². The number of nitriles is 1. The van der Waals surface area contributed by atoms with E-state index in [0.29, 0.717) is 34.8 Å². The molecule has 0 aliphatic heterocycles. The molecule has 5 heteroatoms. The van der Waals surface area contributed by atoms with Crippen LogP contribution in [-0.2, 0) is 0 Å². The molecule has 0 saturated carbocycles. The van der Waals surface area contributed by atoms with Gasteiger partial charge in [0, 0.05) is 16.5 Å². The van der Waals surface area contributed by atoms with Gasteiger partial charge in [0.2, 0.25) is 0 Å². The van der Waals surface area contributed by atoms with Crippen LogP contribution in [0.5, 0.6) is 11.5 Å². The zero-order chi connectivity index (χ0) is 25.0. The van der Waals surface area contributed by atoms with Crippen molar-refractivity contribution in [3.05, 3.63) is 94.0 Å². The third-order valence-electron chi connectivity index (χ3n) is 5.46. The van der Waals surface area contributed by atoms with E-state index in [1.165, 1.54) is 0 Å². The first-order valence-electron chi connectivity index (χ1n) is 11.3. The van der Waals surface area contributed by atoms with Crippen molar-refractivity contribution in [2.24, 2.45) is 5.41 Å². The van der Waals surface area contributed by atoms with Gasteiger partial charge in [-0.05, 0) is 47.4 Å². The van der Waals surface area contributed by atoms with E-state index in [1.54, 1.807) is 31.4 Å². The van der Waals surface area contributed by atoms with Crippen LogP contribution < -0.4 is 15.1 Å². The quantitative estimate of drug-likeness (QED) is 0.308. The molecule has 35 heavy (non-hydrogen) atoms. The summed E-state index contributed by atoms with van der Waals surface area (Å²) in [7, 11) is 1.61. The summed E-state index contributed by atoms with van der Waals surface area (Å²) >= 11 is 0. The minimum atomic E-state index is -0.410. The Morgan fingerprint density at radius 2 is 1.66 bits per heavy atom. The lowest BCUT2D eigenvalue weighted by molar-refractivity contribution is 0.191. The summed E-state index contributed by atoms with van der Waals surface area (Å²) in [5.41, 5.74) is 2.54. The fourth-order valence-corrected chi connectivity index (χ4v) is 3.78. The zero-order valence-corrected chi connectivity index (χ0v) is 20.3. The van der Waals surface area contributed by atoms with Crippen molar-refractivity contribution in [1.82, 2.24) is 0 Å². The average molecular weight is 466 g/mol. The Labute approximate surface area is 204 Å². The maximum Gasteiger partial charge on any atom is 0.344 e. The number of para-hydroxylation sites is 1. The maximum absolute atomic E-state index is 12.8. The number of hydrogen-bond acceptors (Lipinski definition) is 5. The molecule has 0 fully saturated rings. The molecule has 0 radical (unpaired) electrons. The first-order chi connectivity index (χ1) is 16.8. The second-order valence-electron chi connectivity index (χ2n) is 9.42. The van der Waals surface area contributed by atoms with Gasteiger partial charge in [-0.2, -0.15) is 5.26 Å². The van der Waals surface area contributed by atoms with Gasteiger partial charge in [-0.15, -0.1) is 0 Å². The van der Waals surface area contributed by atoms with Gasteiger partial charge in [0.25, 0.3) is 0 Å². The van der Waals surface area contributed by atoms with Crippen LogP contribution in [0.15, 0.2) is 75.9 Å². The van der Waals surface area contributed by atoms with Crippen LogP contribution in [0.4, 0.5) is 0 Å². The van der Waals surface area contributed by atoms with E-state index in [0.717, 1.165) is 22.1 Å². The van der Waals surface area contributed by atoms with Crippen LogP contribution in [0.1, 0.15) is 37.7 Å². The number of fused-ring (bicyclic) bond motifs is 1. The first kappa shape index (κ1) is 23.8. The zero-order valence-electron chi connectivity index (χ0n) is 20.3. The maximum atomic E-state index is 12.8. The van der Waals surface area contributed by atoms with E-state index >= 15 is 0 Å². The molecule has 176 valence electrons. The molecule has 0 amide bonds. The largest absolute Gasteiger partial charge is 0.493 e. The SMILES string of the molecule is COc1cccc(C=Cc2oc(=O)c3ccccc3c2-c2ccc(C#N)cc2)c1OCC(C)(C)C. The molecule has 1 aromatic heterocycles. The molecule has 5 nitrogen and oxygen atoms in total. The molecule has 0 spiro atoms. The predicted octanol–water partition coefficient (Wildman–Crippen LogP) is 6.94. The minimum Gasteiger partial charge on any atom is -0.493 e. The Balaban J connectivity index is 1.86. The van der Waals surface area contributed by atoms with Gasteiger partial charge in [-0.3, -0.25) is 0 Å². The second-order valence-corrected chi connectivity index (χ2v) is 9.42. The predicted molar refractivity (Wildman–Crippen MR) is 140 cm³/mol. The average Bonchev–Trinajstić information content (AvgIpc) is 2.86. The normalized spacial score (nSPS) is 11.5. The highest BCUT2D eigenvalue weighted by Gasteiger charge is 2.17. The topological polar surface area (TPSA) is 72.5 Å². The summed E-state index contributed by atoms with van der Waals surface area (Å²) in [6, 6.07) is 22.4. The van der Waals surface area contributed by atoms with Crippen molar-refractivity contribution >= 4 is 22.9 Å². The summed E-state index contributed by atoms with van der Waals surface area (Å²) in [6.07, 6.45) is 3.64. The highest BCUT2D eigenvalue weighted by molar-refractivity contribution is 5.99. The molecule has 1 heterocycles. The van der Waals surface area contributed by atoms with E-state index < -0.39 is 5.63 Å². The lowest BCUT2D eigenvalue weighted by atomic mass is 9.97. The van der Waals surface area contributed by atoms with Crippen molar-refractivity contribution in [1.29, 1.82) is 5.26 Å². The molecule has 3 aromatic carbocycles. The molecule has 0 N–H and O–H groups in total. The summed E-state index contributed by atoms with van der Waals surface area (Å²) in [5.74, 6) is 1.68. The van der Waals surface area contributed by atoms with Crippen LogP contribution in [-0.4, -0.2) is 13.7 Å². The molecule has 4 aromatic rings. The highest BCUT2D eigenvalue weighted by atomic mass is 16.5. The third-order valence-corrected chi connectivity index (χ3v) is 5.46. The molecule has 0 unspecified atom stereocenters. The number of ether oxygens (including phenoxy) is 2. The number of methoxy groups -OCH3 is 1. The molecule has 0 aliphatic rings. The summed E-state index contributed by atoms with van der Waals surface area (Å²) in [4.78, 5) is 12.8. The van der Waals surface area contributed by atoms with Gasteiger partial charge in [0.05, 0.1) is 30.7 Å². The first-order valence-corrected chi connectivity index (χ1v) is 11.3. The third kappa shape index (κ3) is 5.28. The minimum absolute atomic E-state index is 0.0320. The fraction of sp³-hybridized carbons (Fsp3) is 0.200. The monoisotopic (exact) mass is 465 g/mol. The number of nitrogens with zero attached hydrogens (tertiary/aromatic N) is 1. The number of hydrogen-bond donors (Lipinski definition) is 0. The van der Waals surface area contributed by atoms with Gasteiger partial charge in [-0.1, -0.05) is 63.2 Å². The summed E-state index contributed by atoms with van der Waals surface area (Å²) in [6.45, 7) is 6.82. The van der Waals surface area contributed by atoms with Crippen LogP contribution >= 0.6 is 0 Å². The van der Waals surface area contributed by atoms with Crippen LogP contribution in [0.2, 0.25) is 0 Å². The molecular formula is C30H27NO4. The Bertz CT molecular complexity index is 1480. The van der Waals surface area contributed by atoms with Crippen molar-refractivity contribution in [2.75, 3.05) is 13.7 Å². The van der Waals surface area contributed by atoms with E-state index in [1.807, 2.05) is 54.6 Å². The van der Waals surface area contributed by atoms with E-state index in [4.69, 9.17) is 13.9 Å². The van der Waals surface area contributed by atoms with Crippen molar-refractivity contribution in [2.45, 2.75) is 20.8 Å². The Morgan fingerprint density at radius 1 is 0.943 bits per heavy atom. The van der Waals surface area contributed by atoms with E-state index in [9.17, 15) is 10.1 Å². The number of rotatable bonds is 6. The standard InChI is InChI=1S/C30H27NO4/c1-30(2,3)19-34-28-22(8-7-11-26(28)33-4)16-17-25-27(21-14-12-20(18-31)13-15-21)23-9-5-6-10-24(23)29(32)35-25/h5-17H,19H2,1-4H3. The highest BCUT2D eigenvalue weighted by Crippen LogP contribution is 2.36. The molecule has 0 aliphatic carbocycles. The second kappa shape index (κ2) is 9.90. The van der Waals surface area contributed by atoms with Crippen molar-refractivity contribution in [3.8, 4) is 28.7 Å². The fourth-order valence-electron chi connectivity index (χ4n) is 3.78. The van der Waals surface area contributed by atoms with Crippen LogP contribution in [0, 0.1) is 16.7 Å². The van der Waals surface area contributed by atoms with Crippen molar-refractivity contribution in [3.63, 3.8) is 0 Å². The Morgan fingerprint density at radius 3 is 2.31 bits per heavy atom. The Hall–Kier alpha value is -4.30. The number of benzene rings is 3. The van der Waals surface area contributed by atoms with E-state index in [-0.39, 0.29) is 5.41 Å². The van der Waals surface area contributed by atoms with E-state index in [2.05, 4.69) is 26.8 Å². The van der Waals surface area contributed by atoms with Gasteiger partial charge >= 0.3 is 5.63 Å². The van der Waals surface area contributed by atoms with Crippen molar-refractivity contribution < 1.29 is 13.9 Å². The smallest absolute Gasteiger partial charge is 0.344 e. The lowest BCUT2D eigenvalue weighted by Gasteiger charge is -2.21. The van der Waals surface area contributed by atoms with Gasteiger partial charge in [0.1, 0.15) is 5.76 Å². The molecule has 0 atom stereocenters. The Kier molecular flexibility index (Phi) is 6.75. The molecule has 4 rings (SSSR count). The molecular weight excluding hydrogens is 438 g/mol. The van der Waals surface area contributed by atoms with Gasteiger partial charge in [0.15, 0.2) is 11.5 Å². The lowest BCUT2D eigenvalue weighted by Crippen LogP contribution is -2.17.